The highest BCUT2D eigenvalue weighted by atomic mass is 16.5. The molecule has 4 aromatic carbocycles. The molecule has 0 heterocycles. The van der Waals surface area contributed by atoms with Crippen LogP contribution in [0.4, 0.5) is 0 Å². The van der Waals surface area contributed by atoms with Gasteiger partial charge in [-0.15, -0.1) is 0 Å². The van der Waals surface area contributed by atoms with Crippen molar-refractivity contribution in [2.75, 3.05) is 6.61 Å². The topological polar surface area (TPSA) is 38.7 Å². The molecule has 0 aliphatic heterocycles. The first-order chi connectivity index (χ1) is 17.3. The van der Waals surface area contributed by atoms with E-state index >= 15 is 0 Å². The van der Waals surface area contributed by atoms with Gasteiger partial charge in [0, 0.05) is 0 Å². The van der Waals surface area contributed by atoms with Crippen LogP contribution in [0.25, 0.3) is 0 Å². The fourth-order valence-corrected chi connectivity index (χ4v) is 5.18. The van der Waals surface area contributed by atoms with E-state index in [9.17, 15) is 5.11 Å². The summed E-state index contributed by atoms with van der Waals surface area (Å²) >= 11 is 0. The summed E-state index contributed by atoms with van der Waals surface area (Å²) in [4.78, 5) is 0. The molecule has 0 radical (unpaired) electrons. The fraction of sp³-hybridized carbons (Fsp3) is 0.250. The highest BCUT2D eigenvalue weighted by Crippen LogP contribution is 2.42. The predicted molar refractivity (Wildman–Crippen MR) is 139 cm³/mol. The van der Waals surface area contributed by atoms with Crippen molar-refractivity contribution in [3.05, 3.63) is 144 Å². The summed E-state index contributed by atoms with van der Waals surface area (Å²) in [6, 6.07) is 41.4. The van der Waals surface area contributed by atoms with Crippen LogP contribution in [-0.4, -0.2) is 23.9 Å². The van der Waals surface area contributed by atoms with E-state index in [1.54, 1.807) is 0 Å². The van der Waals surface area contributed by atoms with Crippen molar-refractivity contribution >= 4 is 0 Å². The molecule has 4 aromatic rings. The van der Waals surface area contributed by atoms with E-state index < -0.39 is 11.7 Å². The lowest BCUT2D eigenvalue weighted by Crippen LogP contribution is -2.34. The lowest BCUT2D eigenvalue weighted by atomic mass is 9.80. The molecule has 1 N–H and O–H groups in total. The molecular formula is C32H32O3. The summed E-state index contributed by atoms with van der Waals surface area (Å²) in [5.74, 6) is 0.210. The Hall–Kier alpha value is -3.24. The van der Waals surface area contributed by atoms with Crippen molar-refractivity contribution < 1.29 is 14.6 Å². The third-order valence-electron chi connectivity index (χ3n) is 6.95. The Kier molecular flexibility index (Phi) is 7.39. The van der Waals surface area contributed by atoms with Crippen molar-refractivity contribution in [1.29, 1.82) is 0 Å². The molecule has 3 nitrogen and oxygen atoms in total. The van der Waals surface area contributed by atoms with E-state index in [-0.39, 0.29) is 12.0 Å². The molecule has 178 valence electrons. The number of benzene rings is 4. The number of hydrogen-bond acceptors (Lipinski definition) is 3. The molecule has 0 aromatic heterocycles. The molecule has 35 heavy (non-hydrogen) atoms. The van der Waals surface area contributed by atoms with Crippen molar-refractivity contribution in [2.45, 2.75) is 37.3 Å². The zero-order valence-corrected chi connectivity index (χ0v) is 19.9. The standard InChI is InChI=1S/C32H32O3/c33-30-21-26(22-31(30)34-23-25-13-5-1-6-14-25)24-35-32(27-15-7-2-8-16-27,28-17-9-3-10-18-28)29-19-11-4-12-20-29/h1-20,26,30-31,33H,21-24H2/t26-,30-,31+/m1/s1. The normalized spacial score (nSPS) is 20.1. The molecule has 3 heteroatoms. The Morgan fingerprint density at radius 3 is 1.57 bits per heavy atom. The molecule has 0 spiro atoms. The van der Waals surface area contributed by atoms with Crippen LogP contribution in [0.3, 0.4) is 0 Å². The first-order valence-electron chi connectivity index (χ1n) is 12.4. The minimum atomic E-state index is -0.738. The average Bonchev–Trinajstić information content (AvgIpc) is 3.29. The van der Waals surface area contributed by atoms with E-state index in [0.717, 1.165) is 28.7 Å². The Morgan fingerprint density at radius 1 is 0.629 bits per heavy atom. The molecule has 5 rings (SSSR count). The quantitative estimate of drug-likeness (QED) is 0.293. The van der Waals surface area contributed by atoms with Gasteiger partial charge < -0.3 is 14.6 Å². The van der Waals surface area contributed by atoms with Gasteiger partial charge in [0.15, 0.2) is 0 Å². The molecular weight excluding hydrogens is 432 g/mol. The van der Waals surface area contributed by atoms with E-state index in [0.29, 0.717) is 19.6 Å². The van der Waals surface area contributed by atoms with Gasteiger partial charge >= 0.3 is 0 Å². The maximum atomic E-state index is 10.7. The third-order valence-corrected chi connectivity index (χ3v) is 6.95. The van der Waals surface area contributed by atoms with Crippen molar-refractivity contribution in [3.63, 3.8) is 0 Å². The van der Waals surface area contributed by atoms with Gasteiger partial charge in [-0.05, 0) is 41.0 Å². The largest absolute Gasteiger partial charge is 0.390 e. The highest BCUT2D eigenvalue weighted by Gasteiger charge is 2.40. The van der Waals surface area contributed by atoms with Crippen LogP contribution in [0.2, 0.25) is 0 Å². The van der Waals surface area contributed by atoms with Gasteiger partial charge in [-0.3, -0.25) is 0 Å². The number of hydrogen-bond donors (Lipinski definition) is 1. The zero-order chi connectivity index (χ0) is 23.9. The molecule has 1 aliphatic rings. The second-order valence-electron chi connectivity index (χ2n) is 9.33. The van der Waals surface area contributed by atoms with Gasteiger partial charge in [0.2, 0.25) is 0 Å². The molecule has 1 saturated carbocycles. The van der Waals surface area contributed by atoms with E-state index in [1.165, 1.54) is 0 Å². The van der Waals surface area contributed by atoms with Crippen LogP contribution in [-0.2, 0) is 21.7 Å². The fourth-order valence-electron chi connectivity index (χ4n) is 5.18. The highest BCUT2D eigenvalue weighted by molar-refractivity contribution is 5.47. The van der Waals surface area contributed by atoms with Crippen LogP contribution in [0, 0.1) is 5.92 Å². The Labute approximate surface area is 208 Å². The van der Waals surface area contributed by atoms with Crippen LogP contribution >= 0.6 is 0 Å². The lowest BCUT2D eigenvalue weighted by molar-refractivity contribution is -0.0291. The SMILES string of the molecule is O[C@@H]1C[C@@H](COC(c2ccccc2)(c2ccccc2)c2ccccc2)C[C@@H]1OCc1ccccc1. The maximum absolute atomic E-state index is 10.7. The first kappa shape index (κ1) is 23.5. The van der Waals surface area contributed by atoms with Gasteiger partial charge in [-0.2, -0.15) is 0 Å². The summed E-state index contributed by atoms with van der Waals surface area (Å²) < 4.78 is 13.1. The lowest BCUT2D eigenvalue weighted by Gasteiger charge is -2.36. The Balaban J connectivity index is 1.39. The van der Waals surface area contributed by atoms with Gasteiger partial charge in [-0.25, -0.2) is 0 Å². The molecule has 0 unspecified atom stereocenters. The summed E-state index contributed by atoms with van der Waals surface area (Å²) in [5.41, 5.74) is 3.65. The molecule has 3 atom stereocenters. The second kappa shape index (κ2) is 11.0. The van der Waals surface area contributed by atoms with Crippen LogP contribution in [0.1, 0.15) is 35.1 Å². The van der Waals surface area contributed by atoms with Crippen molar-refractivity contribution in [2.24, 2.45) is 5.92 Å². The van der Waals surface area contributed by atoms with Crippen molar-refractivity contribution in [1.82, 2.24) is 0 Å². The third kappa shape index (κ3) is 5.23. The molecule has 1 aliphatic carbocycles. The predicted octanol–water partition coefficient (Wildman–Crippen LogP) is 6.35. The van der Waals surface area contributed by atoms with E-state index in [4.69, 9.17) is 9.47 Å². The molecule has 0 saturated heterocycles. The zero-order valence-electron chi connectivity index (χ0n) is 19.9. The molecule has 0 bridgehead atoms. The molecule has 1 fully saturated rings. The van der Waals surface area contributed by atoms with Gasteiger partial charge in [0.1, 0.15) is 5.60 Å². The van der Waals surface area contributed by atoms with E-state index in [2.05, 4.69) is 84.9 Å². The summed E-state index contributed by atoms with van der Waals surface area (Å²) in [5, 5.41) is 10.7. The number of ether oxygens (including phenoxy) is 2. The van der Waals surface area contributed by atoms with Crippen molar-refractivity contribution in [3.8, 4) is 0 Å². The second-order valence-corrected chi connectivity index (χ2v) is 9.33. The van der Waals surface area contributed by atoms with Gasteiger partial charge in [0.25, 0.3) is 0 Å². The summed E-state index contributed by atoms with van der Waals surface area (Å²) in [6.07, 6.45) is 0.798. The summed E-state index contributed by atoms with van der Waals surface area (Å²) in [6.45, 7) is 1.04. The Morgan fingerprint density at radius 2 is 1.09 bits per heavy atom. The number of aliphatic hydroxyl groups excluding tert-OH is 1. The van der Waals surface area contributed by atoms with Crippen LogP contribution < -0.4 is 0 Å². The first-order valence-corrected chi connectivity index (χ1v) is 12.4. The Bertz CT molecular complexity index is 1070. The smallest absolute Gasteiger partial charge is 0.143 e. The summed E-state index contributed by atoms with van der Waals surface area (Å²) in [7, 11) is 0. The average molecular weight is 465 g/mol. The maximum Gasteiger partial charge on any atom is 0.143 e. The number of aliphatic hydroxyl groups is 1. The van der Waals surface area contributed by atoms with Crippen LogP contribution in [0.5, 0.6) is 0 Å². The van der Waals surface area contributed by atoms with Crippen LogP contribution in [0.15, 0.2) is 121 Å². The minimum absolute atomic E-state index is 0.177. The van der Waals surface area contributed by atoms with Gasteiger partial charge in [-0.1, -0.05) is 121 Å². The monoisotopic (exact) mass is 464 g/mol. The minimum Gasteiger partial charge on any atom is -0.390 e. The van der Waals surface area contributed by atoms with Gasteiger partial charge in [0.05, 0.1) is 25.4 Å². The number of rotatable bonds is 9. The van der Waals surface area contributed by atoms with E-state index in [1.807, 2.05) is 36.4 Å². The molecule has 0 amide bonds.